The third-order valence-corrected chi connectivity index (χ3v) is 5.88. The molecule has 6 heteroatoms. The minimum Gasteiger partial charge on any atom is -0.454 e. The molecule has 0 N–H and O–H groups in total. The summed E-state index contributed by atoms with van der Waals surface area (Å²) in [7, 11) is 0. The van der Waals surface area contributed by atoms with Gasteiger partial charge in [-0.25, -0.2) is 8.78 Å². The van der Waals surface area contributed by atoms with Gasteiger partial charge in [-0.15, -0.1) is 0 Å². The molecule has 1 aliphatic rings. The molecular formula is C22H19Cl2F2NO. The van der Waals surface area contributed by atoms with Crippen molar-refractivity contribution in [1.82, 2.24) is 4.98 Å². The van der Waals surface area contributed by atoms with Gasteiger partial charge in [-0.05, 0) is 61.7 Å². The van der Waals surface area contributed by atoms with Crippen molar-refractivity contribution >= 4 is 34.1 Å². The first kappa shape index (κ1) is 19.4. The van der Waals surface area contributed by atoms with Crippen LogP contribution in [0.1, 0.15) is 42.9 Å². The maximum atomic E-state index is 13.5. The normalized spacial score (nSPS) is 17.0. The molecule has 146 valence electrons. The predicted octanol–water partition coefficient (Wildman–Crippen LogP) is 7.94. The number of benzene rings is 2. The lowest BCUT2D eigenvalue weighted by Crippen LogP contribution is -2.24. The third-order valence-electron chi connectivity index (χ3n) is 5.28. The molecule has 0 aliphatic heterocycles. The maximum Gasteiger partial charge on any atom is 0.248 e. The minimum absolute atomic E-state index is 0.0677. The summed E-state index contributed by atoms with van der Waals surface area (Å²) in [6, 6.07) is 12.8. The van der Waals surface area contributed by atoms with Crippen LogP contribution in [0.5, 0.6) is 11.5 Å². The zero-order chi connectivity index (χ0) is 19.9. The highest BCUT2D eigenvalue weighted by Gasteiger charge is 2.35. The number of pyridine rings is 1. The average Bonchev–Trinajstić information content (AvgIpc) is 2.65. The van der Waals surface area contributed by atoms with Gasteiger partial charge in [0.1, 0.15) is 5.75 Å². The highest BCUT2D eigenvalue weighted by Crippen LogP contribution is 2.41. The summed E-state index contributed by atoms with van der Waals surface area (Å²) in [5, 5.41) is 1.82. The first-order valence-electron chi connectivity index (χ1n) is 9.23. The molecule has 0 amide bonds. The van der Waals surface area contributed by atoms with E-state index >= 15 is 0 Å². The largest absolute Gasteiger partial charge is 0.454 e. The second-order valence-electron chi connectivity index (χ2n) is 7.33. The van der Waals surface area contributed by atoms with Crippen LogP contribution in [-0.4, -0.2) is 10.9 Å². The molecule has 1 saturated carbocycles. The molecule has 0 saturated heterocycles. The van der Waals surface area contributed by atoms with Crippen molar-refractivity contribution in [2.24, 2.45) is 0 Å². The van der Waals surface area contributed by atoms with Gasteiger partial charge in [0.15, 0.2) is 5.75 Å². The summed E-state index contributed by atoms with van der Waals surface area (Å²) in [5.74, 6) is -1.43. The van der Waals surface area contributed by atoms with Crippen LogP contribution in [0.4, 0.5) is 8.78 Å². The summed E-state index contributed by atoms with van der Waals surface area (Å²) in [6.45, 7) is 2.00. The van der Waals surface area contributed by atoms with Crippen LogP contribution in [0.25, 0.3) is 10.9 Å². The average molecular weight is 422 g/mol. The summed E-state index contributed by atoms with van der Waals surface area (Å²) >= 11 is 12.4. The number of para-hydroxylation sites is 1. The molecule has 1 aliphatic carbocycles. The molecule has 0 radical (unpaired) electrons. The second-order valence-corrected chi connectivity index (χ2v) is 8.14. The summed E-state index contributed by atoms with van der Waals surface area (Å²) < 4.78 is 32.8. The smallest absolute Gasteiger partial charge is 0.248 e. The molecule has 2 nitrogen and oxygen atoms in total. The standard InChI is InChI=1S/C22H19Cl2F2NO/c1-13-11-20(14-7-9-22(25,26)10-8-14)27-19-6-5-15(12-16(13)19)28-21-17(23)3-2-4-18(21)24/h2-6,11-12,14H,7-10H2,1H3. The van der Waals surface area contributed by atoms with E-state index in [1.54, 1.807) is 18.2 Å². The van der Waals surface area contributed by atoms with Crippen molar-refractivity contribution in [3.8, 4) is 11.5 Å². The fraction of sp³-hybridized carbons (Fsp3) is 0.318. The quantitative estimate of drug-likeness (QED) is 0.428. The number of fused-ring (bicyclic) bond motifs is 1. The van der Waals surface area contributed by atoms with Crippen LogP contribution in [-0.2, 0) is 0 Å². The summed E-state index contributed by atoms with van der Waals surface area (Å²) in [6.07, 6.45) is 0.803. The van der Waals surface area contributed by atoms with E-state index in [0.717, 1.165) is 22.2 Å². The Bertz CT molecular complexity index is 1010. The van der Waals surface area contributed by atoms with Crippen LogP contribution >= 0.6 is 23.2 Å². The number of alkyl halides is 2. The predicted molar refractivity (Wildman–Crippen MR) is 109 cm³/mol. The van der Waals surface area contributed by atoms with E-state index in [1.807, 2.05) is 31.2 Å². The van der Waals surface area contributed by atoms with Crippen LogP contribution in [0.3, 0.4) is 0 Å². The number of nitrogens with zero attached hydrogens (tertiary/aromatic N) is 1. The van der Waals surface area contributed by atoms with E-state index in [2.05, 4.69) is 0 Å². The minimum atomic E-state index is -2.53. The first-order chi connectivity index (χ1) is 13.3. The number of aryl methyl sites for hydroxylation is 1. The number of rotatable bonds is 3. The Hall–Kier alpha value is -1.91. The van der Waals surface area contributed by atoms with Crippen LogP contribution in [0.15, 0.2) is 42.5 Å². The number of hydrogen-bond acceptors (Lipinski definition) is 2. The lowest BCUT2D eigenvalue weighted by Gasteiger charge is -2.28. The number of halogens is 4. The van der Waals surface area contributed by atoms with Gasteiger partial charge in [-0.3, -0.25) is 4.98 Å². The summed E-state index contributed by atoms with van der Waals surface area (Å²) in [4.78, 5) is 4.74. The molecule has 28 heavy (non-hydrogen) atoms. The van der Waals surface area contributed by atoms with E-state index in [4.69, 9.17) is 32.9 Å². The molecule has 1 heterocycles. The SMILES string of the molecule is Cc1cc(C2CCC(F)(F)CC2)nc2ccc(Oc3c(Cl)cccc3Cl)cc12. The molecule has 3 aromatic rings. The third kappa shape index (κ3) is 3.94. The molecule has 0 bridgehead atoms. The van der Waals surface area contributed by atoms with Crippen molar-refractivity contribution in [2.75, 3.05) is 0 Å². The Balaban J connectivity index is 1.63. The Morgan fingerprint density at radius 3 is 2.39 bits per heavy atom. The number of ether oxygens (including phenoxy) is 1. The number of hydrogen-bond donors (Lipinski definition) is 0. The van der Waals surface area contributed by atoms with Gasteiger partial charge in [0.05, 0.1) is 15.6 Å². The molecule has 0 spiro atoms. The molecule has 1 fully saturated rings. The molecule has 0 atom stereocenters. The molecule has 1 aromatic heterocycles. The zero-order valence-corrected chi connectivity index (χ0v) is 16.8. The van der Waals surface area contributed by atoms with Crippen molar-refractivity contribution in [3.05, 3.63) is 63.8 Å². The Kier molecular flexibility index (Phi) is 5.19. The Morgan fingerprint density at radius 1 is 1.04 bits per heavy atom. The van der Waals surface area contributed by atoms with Gasteiger partial charge in [0.25, 0.3) is 0 Å². The lowest BCUT2D eigenvalue weighted by atomic mass is 9.84. The van der Waals surface area contributed by atoms with E-state index in [1.165, 1.54) is 0 Å². The van der Waals surface area contributed by atoms with Crippen molar-refractivity contribution in [3.63, 3.8) is 0 Å². The van der Waals surface area contributed by atoms with Crippen molar-refractivity contribution in [2.45, 2.75) is 44.4 Å². The second kappa shape index (κ2) is 7.49. The highest BCUT2D eigenvalue weighted by atomic mass is 35.5. The van der Waals surface area contributed by atoms with Crippen molar-refractivity contribution in [1.29, 1.82) is 0 Å². The van der Waals surface area contributed by atoms with Crippen molar-refractivity contribution < 1.29 is 13.5 Å². The van der Waals surface area contributed by atoms with Crippen LogP contribution < -0.4 is 4.74 Å². The molecule has 4 rings (SSSR count). The van der Waals surface area contributed by atoms with Crippen LogP contribution in [0, 0.1) is 6.92 Å². The molecular weight excluding hydrogens is 403 g/mol. The maximum absolute atomic E-state index is 13.5. The number of aromatic nitrogens is 1. The first-order valence-corrected chi connectivity index (χ1v) is 9.99. The summed E-state index contributed by atoms with van der Waals surface area (Å²) in [5.41, 5.74) is 2.75. The van der Waals surface area contributed by atoms with Gasteiger partial charge < -0.3 is 4.74 Å². The van der Waals surface area contributed by atoms with Gasteiger partial charge in [-0.2, -0.15) is 0 Å². The van der Waals surface area contributed by atoms with Gasteiger partial charge in [0, 0.05) is 29.8 Å². The van der Waals surface area contributed by atoms with Crippen LogP contribution in [0.2, 0.25) is 10.0 Å². The van der Waals surface area contributed by atoms with Gasteiger partial charge >= 0.3 is 0 Å². The van der Waals surface area contributed by atoms with Gasteiger partial charge in [-0.1, -0.05) is 29.3 Å². The van der Waals surface area contributed by atoms with E-state index in [9.17, 15) is 8.78 Å². The van der Waals surface area contributed by atoms with Gasteiger partial charge in [0.2, 0.25) is 5.92 Å². The zero-order valence-electron chi connectivity index (χ0n) is 15.3. The Labute approximate surface area is 172 Å². The fourth-order valence-corrected chi connectivity index (χ4v) is 4.18. The highest BCUT2D eigenvalue weighted by molar-refractivity contribution is 6.37. The van der Waals surface area contributed by atoms with E-state index in [0.29, 0.717) is 34.4 Å². The lowest BCUT2D eigenvalue weighted by molar-refractivity contribution is -0.0384. The molecule has 2 aromatic carbocycles. The fourth-order valence-electron chi connectivity index (χ4n) is 3.71. The van der Waals surface area contributed by atoms with E-state index in [-0.39, 0.29) is 18.8 Å². The topological polar surface area (TPSA) is 22.1 Å². The Morgan fingerprint density at radius 2 is 1.71 bits per heavy atom. The monoisotopic (exact) mass is 421 g/mol. The molecule has 0 unspecified atom stereocenters. The van der Waals surface area contributed by atoms with E-state index < -0.39 is 5.92 Å².